The number of nitrogens with one attached hydrogen (secondary N) is 1. The molecule has 1 aromatic carbocycles. The van der Waals surface area contributed by atoms with Crippen LogP contribution in [0.4, 0.5) is 8.78 Å². The molecule has 0 unspecified atom stereocenters. The molecule has 0 heterocycles. The molecule has 0 aromatic heterocycles. The smallest absolute Gasteiger partial charge is 0.387 e. The van der Waals surface area contributed by atoms with Gasteiger partial charge in [-0.15, -0.1) is 0 Å². The molecule has 0 aliphatic heterocycles. The summed E-state index contributed by atoms with van der Waals surface area (Å²) in [6, 6.07) is 4.74. The molecule has 6 heteroatoms. The average molecular weight is 270 g/mol. The van der Waals surface area contributed by atoms with Crippen LogP contribution in [0.15, 0.2) is 23.3 Å². The SMILES string of the molecule is CNN=Cc1ccc(OC(F)F)c(OCC2CC2)c1. The van der Waals surface area contributed by atoms with E-state index in [-0.39, 0.29) is 5.75 Å². The van der Waals surface area contributed by atoms with E-state index in [1.54, 1.807) is 25.4 Å². The lowest BCUT2D eigenvalue weighted by atomic mass is 10.2. The normalized spacial score (nSPS) is 14.9. The maximum absolute atomic E-state index is 12.3. The van der Waals surface area contributed by atoms with Crippen molar-refractivity contribution in [2.75, 3.05) is 13.7 Å². The minimum Gasteiger partial charge on any atom is -0.489 e. The number of ether oxygens (including phenoxy) is 2. The zero-order chi connectivity index (χ0) is 13.7. The van der Waals surface area contributed by atoms with Gasteiger partial charge < -0.3 is 14.9 Å². The molecule has 19 heavy (non-hydrogen) atoms. The van der Waals surface area contributed by atoms with Gasteiger partial charge in [-0.05, 0) is 42.5 Å². The van der Waals surface area contributed by atoms with Crippen LogP contribution in [0, 0.1) is 5.92 Å². The van der Waals surface area contributed by atoms with E-state index >= 15 is 0 Å². The zero-order valence-corrected chi connectivity index (χ0v) is 10.6. The van der Waals surface area contributed by atoms with Crippen LogP contribution >= 0.6 is 0 Å². The maximum atomic E-state index is 12.3. The first-order chi connectivity index (χ1) is 9.19. The van der Waals surface area contributed by atoms with Gasteiger partial charge in [-0.3, -0.25) is 0 Å². The standard InChI is InChI=1S/C13H16F2N2O2/c1-16-17-7-10-4-5-11(19-13(14)15)12(6-10)18-8-9-2-3-9/h4-7,9,13,16H,2-3,8H2,1H3. The van der Waals surface area contributed by atoms with Gasteiger partial charge in [0.05, 0.1) is 12.8 Å². The average Bonchev–Trinajstić information content (AvgIpc) is 3.19. The van der Waals surface area contributed by atoms with E-state index in [9.17, 15) is 8.78 Å². The highest BCUT2D eigenvalue weighted by atomic mass is 19.3. The van der Waals surface area contributed by atoms with Gasteiger partial charge in [0.15, 0.2) is 11.5 Å². The highest BCUT2D eigenvalue weighted by Gasteiger charge is 2.23. The molecule has 1 aliphatic rings. The molecule has 1 fully saturated rings. The van der Waals surface area contributed by atoms with Crippen LogP contribution in [-0.2, 0) is 0 Å². The van der Waals surface area contributed by atoms with Crippen molar-refractivity contribution in [1.29, 1.82) is 0 Å². The lowest BCUT2D eigenvalue weighted by Crippen LogP contribution is -2.06. The van der Waals surface area contributed by atoms with Gasteiger partial charge in [0.25, 0.3) is 0 Å². The monoisotopic (exact) mass is 270 g/mol. The third-order valence-electron chi connectivity index (χ3n) is 2.70. The van der Waals surface area contributed by atoms with E-state index < -0.39 is 6.61 Å². The van der Waals surface area contributed by atoms with Gasteiger partial charge in [0, 0.05) is 7.05 Å². The zero-order valence-electron chi connectivity index (χ0n) is 10.6. The third-order valence-corrected chi connectivity index (χ3v) is 2.70. The summed E-state index contributed by atoms with van der Waals surface area (Å²) in [5, 5.41) is 3.86. The maximum Gasteiger partial charge on any atom is 0.387 e. The van der Waals surface area contributed by atoms with Crippen molar-refractivity contribution in [3.05, 3.63) is 23.8 Å². The van der Waals surface area contributed by atoms with Crippen molar-refractivity contribution in [2.24, 2.45) is 11.0 Å². The fourth-order valence-corrected chi connectivity index (χ4v) is 1.54. The quantitative estimate of drug-likeness (QED) is 0.612. The summed E-state index contributed by atoms with van der Waals surface area (Å²) in [5.41, 5.74) is 3.37. The lowest BCUT2D eigenvalue weighted by molar-refractivity contribution is -0.0515. The van der Waals surface area contributed by atoms with Crippen LogP contribution in [0.1, 0.15) is 18.4 Å². The number of halogens is 2. The minimum absolute atomic E-state index is 0.0530. The molecule has 0 amide bonds. The molecular formula is C13H16F2N2O2. The largest absolute Gasteiger partial charge is 0.489 e. The van der Waals surface area contributed by atoms with Gasteiger partial charge in [-0.25, -0.2) is 0 Å². The van der Waals surface area contributed by atoms with Crippen LogP contribution in [0.2, 0.25) is 0 Å². The van der Waals surface area contributed by atoms with Gasteiger partial charge in [0.1, 0.15) is 0 Å². The predicted molar refractivity (Wildman–Crippen MR) is 67.9 cm³/mol. The summed E-state index contributed by atoms with van der Waals surface area (Å²) < 4.78 is 34.6. The van der Waals surface area contributed by atoms with Gasteiger partial charge in [-0.1, -0.05) is 0 Å². The van der Waals surface area contributed by atoms with E-state index in [2.05, 4.69) is 15.3 Å². The summed E-state index contributed by atoms with van der Waals surface area (Å²) in [4.78, 5) is 0. The Kier molecular flexibility index (Phi) is 4.54. The molecule has 2 rings (SSSR count). The first kappa shape index (κ1) is 13.6. The molecule has 1 aromatic rings. The van der Waals surface area contributed by atoms with Crippen molar-refractivity contribution in [2.45, 2.75) is 19.5 Å². The minimum atomic E-state index is -2.86. The second kappa shape index (κ2) is 6.36. The van der Waals surface area contributed by atoms with E-state index in [0.717, 1.165) is 18.4 Å². The summed E-state index contributed by atoms with van der Waals surface area (Å²) in [5.74, 6) is 0.915. The van der Waals surface area contributed by atoms with Crippen LogP contribution in [0.25, 0.3) is 0 Å². The van der Waals surface area contributed by atoms with Crippen LogP contribution in [-0.4, -0.2) is 26.5 Å². The number of hydrazone groups is 1. The molecule has 0 spiro atoms. The van der Waals surface area contributed by atoms with Gasteiger partial charge in [0.2, 0.25) is 0 Å². The first-order valence-electron chi connectivity index (χ1n) is 6.10. The van der Waals surface area contributed by atoms with Crippen LogP contribution < -0.4 is 14.9 Å². The van der Waals surface area contributed by atoms with E-state index in [0.29, 0.717) is 18.3 Å². The van der Waals surface area contributed by atoms with Crippen molar-refractivity contribution >= 4 is 6.21 Å². The number of nitrogens with zero attached hydrogens (tertiary/aromatic N) is 1. The van der Waals surface area contributed by atoms with Crippen molar-refractivity contribution < 1.29 is 18.3 Å². The van der Waals surface area contributed by atoms with Crippen LogP contribution in [0.3, 0.4) is 0 Å². The molecule has 0 radical (unpaired) electrons. The predicted octanol–water partition coefficient (Wildman–Crippen LogP) is 2.63. The Morgan fingerprint density at radius 1 is 1.42 bits per heavy atom. The lowest BCUT2D eigenvalue weighted by Gasteiger charge is -2.12. The number of benzene rings is 1. The number of hydrogen-bond donors (Lipinski definition) is 1. The highest BCUT2D eigenvalue weighted by molar-refractivity contribution is 5.80. The molecular weight excluding hydrogens is 254 g/mol. The first-order valence-corrected chi connectivity index (χ1v) is 6.10. The molecule has 104 valence electrons. The van der Waals surface area contributed by atoms with Crippen molar-refractivity contribution in [3.8, 4) is 11.5 Å². The van der Waals surface area contributed by atoms with Gasteiger partial charge >= 0.3 is 6.61 Å². The Morgan fingerprint density at radius 3 is 2.84 bits per heavy atom. The summed E-state index contributed by atoms with van der Waals surface area (Å²) in [6.07, 6.45) is 3.84. The summed E-state index contributed by atoms with van der Waals surface area (Å²) in [7, 11) is 1.68. The van der Waals surface area contributed by atoms with Crippen molar-refractivity contribution in [1.82, 2.24) is 5.43 Å². The number of hydrogen-bond acceptors (Lipinski definition) is 4. The Labute approximate surface area is 110 Å². The molecule has 0 saturated heterocycles. The highest BCUT2D eigenvalue weighted by Crippen LogP contribution is 2.33. The fourth-order valence-electron chi connectivity index (χ4n) is 1.54. The van der Waals surface area contributed by atoms with E-state index in [4.69, 9.17) is 4.74 Å². The fraction of sp³-hybridized carbons (Fsp3) is 0.462. The second-order valence-corrected chi connectivity index (χ2v) is 4.32. The van der Waals surface area contributed by atoms with Gasteiger partial charge in [-0.2, -0.15) is 13.9 Å². The molecule has 4 nitrogen and oxygen atoms in total. The summed E-state index contributed by atoms with van der Waals surface area (Å²) >= 11 is 0. The topological polar surface area (TPSA) is 42.9 Å². The molecule has 0 bridgehead atoms. The molecule has 0 atom stereocenters. The number of alkyl halides is 2. The second-order valence-electron chi connectivity index (χ2n) is 4.32. The Hall–Kier alpha value is -1.85. The Bertz CT molecular complexity index is 448. The van der Waals surface area contributed by atoms with Crippen LogP contribution in [0.5, 0.6) is 11.5 Å². The Balaban J connectivity index is 2.12. The molecule has 1 aliphatic carbocycles. The van der Waals surface area contributed by atoms with E-state index in [1.165, 1.54) is 6.07 Å². The van der Waals surface area contributed by atoms with Crippen molar-refractivity contribution in [3.63, 3.8) is 0 Å². The molecule has 1 N–H and O–H groups in total. The molecule has 1 saturated carbocycles. The van der Waals surface area contributed by atoms with E-state index in [1.807, 2.05) is 0 Å². The Morgan fingerprint density at radius 2 is 2.21 bits per heavy atom. The summed E-state index contributed by atoms with van der Waals surface area (Å²) in [6.45, 7) is -2.33. The third kappa shape index (κ3) is 4.39. The number of rotatable bonds is 7.